The number of ether oxygens (including phenoxy) is 3. The number of hydrogen-bond acceptors (Lipinski definition) is 10. The molecule has 8 atom stereocenters. The van der Waals surface area contributed by atoms with E-state index >= 15 is 0 Å². The molecule has 6 N–H and O–H groups in total. The van der Waals surface area contributed by atoms with Crippen molar-refractivity contribution in [1.82, 2.24) is 5.32 Å². The highest BCUT2D eigenvalue weighted by atomic mass is 16.7. The average molecular weight is 1050 g/mol. The summed E-state index contributed by atoms with van der Waals surface area (Å²) in [6.45, 7) is 5.58. The second kappa shape index (κ2) is 51.1. The minimum absolute atomic E-state index is 0.0611. The first kappa shape index (κ1) is 69.3. The van der Waals surface area contributed by atoms with Crippen LogP contribution in [0.1, 0.15) is 220 Å². The molecule has 11 heteroatoms. The molecule has 1 aliphatic heterocycles. The Bertz CT molecular complexity index is 1630. The molecule has 11 nitrogen and oxygen atoms in total. The third kappa shape index (κ3) is 39.4. The number of carbonyl (C=O) groups is 2. The van der Waals surface area contributed by atoms with Crippen LogP contribution in [0.4, 0.5) is 0 Å². The summed E-state index contributed by atoms with van der Waals surface area (Å²) in [5.74, 6) is -1.26. The largest absolute Gasteiger partial charge is 0.454 e. The third-order valence-electron chi connectivity index (χ3n) is 13.2. The lowest BCUT2D eigenvalue weighted by Crippen LogP contribution is -2.61. The van der Waals surface area contributed by atoms with Gasteiger partial charge in [0.25, 0.3) is 0 Å². The molecule has 1 rings (SSSR count). The molecule has 0 aromatic heterocycles. The molecule has 8 unspecified atom stereocenters. The number of amides is 1. The lowest BCUT2D eigenvalue weighted by molar-refractivity contribution is -0.305. The van der Waals surface area contributed by atoms with Crippen molar-refractivity contribution < 1.29 is 49.3 Å². The van der Waals surface area contributed by atoms with Crippen LogP contribution in [0.25, 0.3) is 0 Å². The Labute approximate surface area is 456 Å². The van der Waals surface area contributed by atoms with E-state index in [0.29, 0.717) is 12.8 Å². The van der Waals surface area contributed by atoms with E-state index in [2.05, 4.69) is 123 Å². The Hall–Kier alpha value is -3.68. The molecule has 0 aromatic rings. The first-order chi connectivity index (χ1) is 36.7. The second-order valence-electron chi connectivity index (χ2n) is 20.0. The lowest BCUT2D eigenvalue weighted by Gasteiger charge is -2.41. The fourth-order valence-corrected chi connectivity index (χ4v) is 8.47. The van der Waals surface area contributed by atoms with Crippen molar-refractivity contribution in [3.63, 3.8) is 0 Å². The fraction of sp³-hybridized carbons (Fsp3) is 0.688. The summed E-state index contributed by atoms with van der Waals surface area (Å²) in [4.78, 5) is 26.5. The maximum atomic E-state index is 13.4. The Morgan fingerprint density at radius 1 is 0.547 bits per heavy atom. The topological polar surface area (TPSA) is 175 Å². The highest BCUT2D eigenvalue weighted by molar-refractivity contribution is 5.80. The van der Waals surface area contributed by atoms with Gasteiger partial charge in [-0.2, -0.15) is 0 Å². The van der Waals surface area contributed by atoms with Crippen LogP contribution in [0.5, 0.6) is 0 Å². The summed E-state index contributed by atoms with van der Waals surface area (Å²) in [6, 6.07) is -1.05. The van der Waals surface area contributed by atoms with Crippen molar-refractivity contribution in [2.45, 2.75) is 269 Å². The van der Waals surface area contributed by atoms with E-state index in [0.717, 1.165) is 116 Å². The number of carbonyl (C=O) groups excluding carboxylic acids is 2. The molecule has 1 fully saturated rings. The first-order valence-electron chi connectivity index (χ1n) is 29.7. The molecule has 0 radical (unpaired) electrons. The van der Waals surface area contributed by atoms with Crippen LogP contribution in [0.15, 0.2) is 109 Å². The zero-order chi connectivity index (χ0) is 54.7. The standard InChI is InChI=1S/C64H107NO10/c1-4-7-10-13-16-19-22-24-26-27-28-29-30-31-32-34-37-40-43-46-49-52-59(69)75-62-61(71)60(70)58(53-66)74-64(62)73-54-55(56(67)50-47-44-41-38-35-21-18-15-12-9-6-3)65-63(72)57(68)51-48-45-42-39-36-33-25-23-20-17-14-11-8-5-2/h7,10,16-17,19-20,23-26,28-29,31-32,37,40,47,50,55-58,60-62,64,66-68,70-71H,4-6,8-9,11-15,18,21-22,27,30,33-36,38-39,41-46,48-49,51-54H2,1-3H3,(H,65,72)/b10-7-,19-16-,20-17+,25-23+,26-24-,29-28-,32-31-,40-37-,50-47+. The smallest absolute Gasteiger partial charge is 0.306 e. The summed E-state index contributed by atoms with van der Waals surface area (Å²) in [5, 5.41) is 56.8. The van der Waals surface area contributed by atoms with E-state index in [1.165, 1.54) is 57.8 Å². The van der Waals surface area contributed by atoms with E-state index in [-0.39, 0.29) is 19.4 Å². The summed E-state index contributed by atoms with van der Waals surface area (Å²) >= 11 is 0. The van der Waals surface area contributed by atoms with Crippen LogP contribution < -0.4 is 5.32 Å². The predicted molar refractivity (Wildman–Crippen MR) is 310 cm³/mol. The number of allylic oxidation sites excluding steroid dienone is 17. The van der Waals surface area contributed by atoms with Crippen molar-refractivity contribution in [2.24, 2.45) is 0 Å². The molecule has 0 aliphatic carbocycles. The van der Waals surface area contributed by atoms with Gasteiger partial charge in [0.1, 0.15) is 24.4 Å². The quantitative estimate of drug-likeness (QED) is 0.0149. The van der Waals surface area contributed by atoms with Crippen LogP contribution in [0.2, 0.25) is 0 Å². The Kier molecular flexibility index (Phi) is 47.2. The second-order valence-corrected chi connectivity index (χ2v) is 20.0. The number of hydrogen-bond donors (Lipinski definition) is 6. The van der Waals surface area contributed by atoms with Gasteiger partial charge in [0, 0.05) is 6.42 Å². The highest BCUT2D eigenvalue weighted by Crippen LogP contribution is 2.26. The Morgan fingerprint density at radius 2 is 1.00 bits per heavy atom. The summed E-state index contributed by atoms with van der Waals surface area (Å²) in [5.41, 5.74) is 0. The maximum absolute atomic E-state index is 13.4. The predicted octanol–water partition coefficient (Wildman–Crippen LogP) is 13.7. The highest BCUT2D eigenvalue weighted by Gasteiger charge is 2.47. The molecule has 1 heterocycles. The lowest BCUT2D eigenvalue weighted by atomic mass is 9.99. The minimum Gasteiger partial charge on any atom is -0.454 e. The molecule has 428 valence electrons. The molecule has 0 aromatic carbocycles. The minimum atomic E-state index is -1.64. The summed E-state index contributed by atoms with van der Waals surface area (Å²) < 4.78 is 17.5. The zero-order valence-corrected chi connectivity index (χ0v) is 47.1. The SMILES string of the molecule is CC/C=C\C/C=C\C/C=C\C/C=C\C/C=C\C/C=C\CCCCC(=O)OC1C(OCC(NC(=O)C(O)CCCCCCC/C=C/C=C/CCCCC)C(O)/C=C/CCCCCCCCCCC)OC(CO)C(O)C1O. The van der Waals surface area contributed by atoms with Crippen molar-refractivity contribution in [1.29, 1.82) is 0 Å². The average Bonchev–Trinajstić information content (AvgIpc) is 3.41. The number of nitrogens with one attached hydrogen (secondary N) is 1. The van der Waals surface area contributed by atoms with Gasteiger partial charge in [0.2, 0.25) is 5.91 Å². The van der Waals surface area contributed by atoms with E-state index in [1.807, 2.05) is 6.08 Å². The van der Waals surface area contributed by atoms with Crippen LogP contribution in [0, 0.1) is 0 Å². The molecule has 1 amide bonds. The number of aliphatic hydroxyl groups excluding tert-OH is 5. The molecular formula is C64H107NO10. The maximum Gasteiger partial charge on any atom is 0.306 e. The monoisotopic (exact) mass is 1050 g/mol. The third-order valence-corrected chi connectivity index (χ3v) is 13.2. The van der Waals surface area contributed by atoms with Crippen LogP contribution in [0.3, 0.4) is 0 Å². The Balaban J connectivity index is 2.73. The molecular weight excluding hydrogens is 943 g/mol. The normalized spacial score (nSPS) is 20.0. The summed E-state index contributed by atoms with van der Waals surface area (Å²) in [6.07, 6.45) is 58.4. The van der Waals surface area contributed by atoms with Crippen molar-refractivity contribution >= 4 is 11.9 Å². The van der Waals surface area contributed by atoms with E-state index in [4.69, 9.17) is 14.2 Å². The van der Waals surface area contributed by atoms with Gasteiger partial charge in [-0.15, -0.1) is 0 Å². The van der Waals surface area contributed by atoms with Gasteiger partial charge in [-0.05, 0) is 103 Å². The number of rotatable bonds is 48. The Morgan fingerprint density at radius 3 is 1.55 bits per heavy atom. The molecule has 1 aliphatic rings. The van der Waals surface area contributed by atoms with Crippen molar-refractivity contribution in [2.75, 3.05) is 13.2 Å². The van der Waals surface area contributed by atoms with Gasteiger partial charge in [-0.1, -0.05) is 220 Å². The van der Waals surface area contributed by atoms with Gasteiger partial charge >= 0.3 is 5.97 Å². The van der Waals surface area contributed by atoms with Crippen LogP contribution >= 0.6 is 0 Å². The summed E-state index contributed by atoms with van der Waals surface area (Å²) in [7, 11) is 0. The van der Waals surface area contributed by atoms with E-state index < -0.39 is 67.4 Å². The fourth-order valence-electron chi connectivity index (χ4n) is 8.47. The van der Waals surface area contributed by atoms with Gasteiger partial charge in [-0.3, -0.25) is 9.59 Å². The van der Waals surface area contributed by atoms with E-state index in [1.54, 1.807) is 6.08 Å². The molecule has 75 heavy (non-hydrogen) atoms. The van der Waals surface area contributed by atoms with Gasteiger partial charge < -0.3 is 45.1 Å². The van der Waals surface area contributed by atoms with Gasteiger partial charge in [0.15, 0.2) is 12.4 Å². The zero-order valence-electron chi connectivity index (χ0n) is 47.1. The van der Waals surface area contributed by atoms with Crippen LogP contribution in [-0.2, 0) is 23.8 Å². The first-order valence-corrected chi connectivity index (χ1v) is 29.7. The molecule has 0 saturated carbocycles. The molecule has 0 bridgehead atoms. The molecule has 1 saturated heterocycles. The molecule has 0 spiro atoms. The van der Waals surface area contributed by atoms with Crippen LogP contribution in [-0.4, -0.2) is 99.6 Å². The number of aliphatic hydroxyl groups is 5. The van der Waals surface area contributed by atoms with Crippen molar-refractivity contribution in [3.8, 4) is 0 Å². The number of unbranched alkanes of at least 4 members (excludes halogenated alkanes) is 19. The number of esters is 1. The van der Waals surface area contributed by atoms with Gasteiger partial charge in [-0.25, -0.2) is 0 Å². The van der Waals surface area contributed by atoms with Crippen molar-refractivity contribution in [3.05, 3.63) is 109 Å². The van der Waals surface area contributed by atoms with E-state index in [9.17, 15) is 35.1 Å². The van der Waals surface area contributed by atoms with Gasteiger partial charge in [0.05, 0.1) is 25.4 Å².